The van der Waals surface area contributed by atoms with E-state index in [4.69, 9.17) is 0 Å². The van der Waals surface area contributed by atoms with Crippen LogP contribution in [0.2, 0.25) is 0 Å². The summed E-state index contributed by atoms with van der Waals surface area (Å²) in [6, 6.07) is 0. The van der Waals surface area contributed by atoms with E-state index in [9.17, 15) is 4.39 Å². The van der Waals surface area contributed by atoms with Crippen molar-refractivity contribution in [3.05, 3.63) is 37.7 Å². The van der Waals surface area contributed by atoms with Gasteiger partial charge in [0.15, 0.2) is 0 Å². The van der Waals surface area contributed by atoms with Crippen molar-refractivity contribution in [1.82, 2.24) is 0 Å². The second-order valence-electron chi connectivity index (χ2n) is 0.947. The first-order valence-corrected chi connectivity index (χ1v) is 3.24. The highest BCUT2D eigenvalue weighted by atomic mass is 19.1. The minimum absolute atomic E-state index is 0.391. The van der Waals surface area contributed by atoms with Gasteiger partial charge in [-0.3, -0.25) is 0 Å². The van der Waals surface area contributed by atoms with E-state index >= 15 is 0 Å². The topological polar surface area (TPSA) is 0 Å². The molecule has 0 aliphatic carbocycles. The van der Waals surface area contributed by atoms with Crippen molar-refractivity contribution in [1.29, 1.82) is 0 Å². The molecule has 0 unspecified atom stereocenters. The molecule has 0 N–H and O–H groups in total. The zero-order chi connectivity index (χ0) is 8.99. The first-order valence-electron chi connectivity index (χ1n) is 3.24. The van der Waals surface area contributed by atoms with Gasteiger partial charge in [0.05, 0.1) is 0 Å². The molecule has 0 spiro atoms. The van der Waals surface area contributed by atoms with Crippen molar-refractivity contribution >= 4 is 0 Å². The van der Waals surface area contributed by atoms with Crippen LogP contribution in [0, 0.1) is 0 Å². The van der Waals surface area contributed by atoms with Crippen molar-refractivity contribution < 1.29 is 4.39 Å². The lowest BCUT2D eigenvalue weighted by molar-refractivity contribution is 0.671. The Hall–Kier alpha value is -0.850. The molecule has 0 bridgehead atoms. The third-order valence-corrected chi connectivity index (χ3v) is 0.348. The lowest BCUT2D eigenvalue weighted by atomic mass is 10.5. The molecule has 0 heterocycles. The molecule has 0 atom stereocenters. The summed E-state index contributed by atoms with van der Waals surface area (Å²) in [4.78, 5) is 0. The van der Waals surface area contributed by atoms with Gasteiger partial charge in [0, 0.05) is 0 Å². The third kappa shape index (κ3) is 58.5. The quantitative estimate of drug-likeness (QED) is 0.387. The molecule has 0 amide bonds. The molecule has 10 heavy (non-hydrogen) atoms. The van der Waals surface area contributed by atoms with Crippen LogP contribution in [0.5, 0.6) is 0 Å². The van der Waals surface area contributed by atoms with E-state index in [0.717, 1.165) is 0 Å². The fourth-order valence-corrected chi connectivity index (χ4v) is 0.181. The maximum absolute atomic E-state index is 11.4. The molecular weight excluding hydrogens is 127 g/mol. The molecule has 0 radical (unpaired) electrons. The Bertz CT molecular complexity index is 82.7. The Morgan fingerprint density at radius 2 is 1.60 bits per heavy atom. The van der Waals surface area contributed by atoms with Crippen LogP contribution in [0.15, 0.2) is 37.7 Å². The van der Waals surface area contributed by atoms with Crippen molar-refractivity contribution in [2.24, 2.45) is 0 Å². The van der Waals surface area contributed by atoms with Crippen LogP contribution in [0.4, 0.5) is 4.39 Å². The summed E-state index contributed by atoms with van der Waals surface area (Å²) in [5.41, 5.74) is 0. The predicted octanol–water partition coefficient (Wildman–Crippen LogP) is 3.87. The molecule has 0 fully saturated rings. The molecule has 60 valence electrons. The molecule has 0 aromatic rings. The van der Waals surface area contributed by atoms with Crippen LogP contribution >= 0.6 is 0 Å². The van der Waals surface area contributed by atoms with Crippen molar-refractivity contribution in [3.63, 3.8) is 0 Å². The van der Waals surface area contributed by atoms with E-state index in [2.05, 4.69) is 19.7 Å². The Morgan fingerprint density at radius 3 is 1.60 bits per heavy atom. The highest BCUT2D eigenvalue weighted by Crippen LogP contribution is 1.89. The van der Waals surface area contributed by atoms with E-state index in [0.29, 0.717) is 0 Å². The van der Waals surface area contributed by atoms with Crippen molar-refractivity contribution in [2.45, 2.75) is 20.8 Å². The Balaban J connectivity index is -0.000000105. The summed E-state index contributed by atoms with van der Waals surface area (Å²) >= 11 is 0. The monoisotopic (exact) mass is 144 g/mol. The first kappa shape index (κ1) is 16.1. The van der Waals surface area contributed by atoms with Gasteiger partial charge >= 0.3 is 0 Å². The highest BCUT2D eigenvalue weighted by Gasteiger charge is 1.69. The fourth-order valence-electron chi connectivity index (χ4n) is 0.181. The molecule has 0 aromatic carbocycles. The summed E-state index contributed by atoms with van der Waals surface area (Å²) < 4.78 is 11.4. The van der Waals surface area contributed by atoms with Gasteiger partial charge in [0.1, 0.15) is 5.83 Å². The van der Waals surface area contributed by atoms with Crippen molar-refractivity contribution in [2.75, 3.05) is 0 Å². The first-order chi connectivity index (χ1) is 4.77. The normalized spacial score (nSPS) is 6.80. The van der Waals surface area contributed by atoms with Gasteiger partial charge in [0.2, 0.25) is 0 Å². The minimum atomic E-state index is -0.391. The number of halogens is 1. The molecule has 0 aliphatic rings. The zero-order valence-corrected chi connectivity index (χ0v) is 7.15. The smallest absolute Gasteiger partial charge is 0.115 e. The van der Waals surface area contributed by atoms with Gasteiger partial charge in [0.25, 0.3) is 0 Å². The zero-order valence-electron chi connectivity index (χ0n) is 7.15. The maximum Gasteiger partial charge on any atom is 0.115 e. The number of allylic oxidation sites excluding steroid dienone is 3. The van der Waals surface area contributed by atoms with Crippen LogP contribution < -0.4 is 0 Å². The van der Waals surface area contributed by atoms with Gasteiger partial charge in [-0.1, -0.05) is 26.5 Å². The lowest BCUT2D eigenvalue weighted by Gasteiger charge is -1.70. The second kappa shape index (κ2) is 24.2. The number of rotatable bonds is 1. The SMILES string of the molecule is C=C.C=C(F)/C=C\C.CC. The Kier molecular flexibility index (Phi) is 38.9. The van der Waals surface area contributed by atoms with Gasteiger partial charge in [-0.25, -0.2) is 4.39 Å². The van der Waals surface area contributed by atoms with Gasteiger partial charge in [-0.05, 0) is 13.0 Å². The average Bonchev–Trinajstić information content (AvgIpc) is 1.96. The summed E-state index contributed by atoms with van der Waals surface area (Å²) in [5, 5.41) is 0. The van der Waals surface area contributed by atoms with Crippen molar-refractivity contribution in [3.8, 4) is 0 Å². The maximum atomic E-state index is 11.4. The molecule has 0 saturated carbocycles. The second-order valence-corrected chi connectivity index (χ2v) is 0.947. The highest BCUT2D eigenvalue weighted by molar-refractivity contribution is 5.03. The van der Waals surface area contributed by atoms with Crippen LogP contribution in [0.25, 0.3) is 0 Å². The van der Waals surface area contributed by atoms with Gasteiger partial charge in [-0.15, -0.1) is 13.2 Å². The molecule has 0 aromatic heterocycles. The summed E-state index contributed by atoms with van der Waals surface area (Å²) in [7, 11) is 0. The van der Waals surface area contributed by atoms with Crippen LogP contribution in [-0.2, 0) is 0 Å². The predicted molar refractivity (Wildman–Crippen MR) is 47.7 cm³/mol. The van der Waals surface area contributed by atoms with Crippen LogP contribution in [0.3, 0.4) is 0 Å². The van der Waals surface area contributed by atoms with Crippen LogP contribution in [0.1, 0.15) is 20.8 Å². The molecular formula is C9H17F. The standard InChI is InChI=1S/C5H7F.C2H6.C2H4/c1-3-4-5(2)6;2*1-2/h3-4H,2H2,1H3;1-2H3;1-2H2/b4-3-;;. The fraction of sp³-hybridized carbons (Fsp3) is 0.333. The number of hydrogen-bond donors (Lipinski definition) is 0. The molecule has 0 saturated heterocycles. The van der Waals surface area contributed by atoms with E-state index in [1.807, 2.05) is 13.8 Å². The van der Waals surface area contributed by atoms with Crippen LogP contribution in [-0.4, -0.2) is 0 Å². The largest absolute Gasteiger partial charge is 0.208 e. The van der Waals surface area contributed by atoms with Gasteiger partial charge in [-0.2, -0.15) is 0 Å². The molecule has 0 aliphatic heterocycles. The van der Waals surface area contributed by atoms with Gasteiger partial charge < -0.3 is 0 Å². The molecule has 0 rings (SSSR count). The minimum Gasteiger partial charge on any atom is -0.208 e. The van der Waals surface area contributed by atoms with E-state index in [1.165, 1.54) is 6.08 Å². The van der Waals surface area contributed by atoms with E-state index in [1.54, 1.807) is 13.0 Å². The lowest BCUT2D eigenvalue weighted by Crippen LogP contribution is -1.51. The summed E-state index contributed by atoms with van der Waals surface area (Å²) in [5.74, 6) is -0.391. The third-order valence-electron chi connectivity index (χ3n) is 0.348. The summed E-state index contributed by atoms with van der Waals surface area (Å²) in [6.07, 6.45) is 2.91. The summed E-state index contributed by atoms with van der Waals surface area (Å²) in [6.45, 7) is 14.7. The molecule has 1 heteroatoms. The van der Waals surface area contributed by atoms with E-state index < -0.39 is 5.83 Å². The van der Waals surface area contributed by atoms with E-state index in [-0.39, 0.29) is 0 Å². The number of hydrogen-bond acceptors (Lipinski definition) is 0. The Morgan fingerprint density at radius 1 is 1.30 bits per heavy atom. The average molecular weight is 144 g/mol. The Labute approximate surface area is 63.8 Å². The molecule has 0 nitrogen and oxygen atoms in total.